The normalized spacial score (nSPS) is 10.6. The second-order valence-electron chi connectivity index (χ2n) is 5.03. The van der Waals surface area contributed by atoms with Gasteiger partial charge in [-0.05, 0) is 13.8 Å². The molecule has 0 fully saturated rings. The highest BCUT2D eigenvalue weighted by Crippen LogP contribution is 2.10. The van der Waals surface area contributed by atoms with Gasteiger partial charge >= 0.3 is 5.97 Å². The van der Waals surface area contributed by atoms with E-state index in [2.05, 4.69) is 9.97 Å². The SMILES string of the molecule is CCOC(=O)CN(C)C(=O)c1c(C)nc(C(C)C)[nH]c1=O. The maximum atomic E-state index is 12.3. The molecule has 1 N–H and O–H groups in total. The molecule has 21 heavy (non-hydrogen) atoms. The van der Waals surface area contributed by atoms with E-state index in [0.717, 1.165) is 4.90 Å². The van der Waals surface area contributed by atoms with Crippen LogP contribution in [-0.4, -0.2) is 46.9 Å². The van der Waals surface area contributed by atoms with Gasteiger partial charge in [0.2, 0.25) is 0 Å². The molecule has 0 unspecified atom stereocenters. The molecule has 7 nitrogen and oxygen atoms in total. The number of hydrogen-bond donors (Lipinski definition) is 1. The zero-order chi connectivity index (χ0) is 16.2. The largest absolute Gasteiger partial charge is 0.465 e. The number of aromatic nitrogens is 2. The van der Waals surface area contributed by atoms with Crippen LogP contribution in [0.3, 0.4) is 0 Å². The van der Waals surface area contributed by atoms with Crippen molar-refractivity contribution >= 4 is 11.9 Å². The van der Waals surface area contributed by atoms with E-state index in [0.29, 0.717) is 11.5 Å². The van der Waals surface area contributed by atoms with Crippen LogP contribution < -0.4 is 5.56 Å². The van der Waals surface area contributed by atoms with Crippen LogP contribution in [0.25, 0.3) is 0 Å². The van der Waals surface area contributed by atoms with Gasteiger partial charge in [-0.15, -0.1) is 0 Å². The zero-order valence-electron chi connectivity index (χ0n) is 13.0. The minimum atomic E-state index is -0.551. The summed E-state index contributed by atoms with van der Waals surface area (Å²) in [7, 11) is 1.44. The number of carbonyl (C=O) groups excluding carboxylic acids is 2. The highest BCUT2D eigenvalue weighted by molar-refractivity contribution is 5.96. The average molecular weight is 295 g/mol. The highest BCUT2D eigenvalue weighted by Gasteiger charge is 2.22. The molecule has 0 atom stereocenters. The van der Waals surface area contributed by atoms with Gasteiger partial charge in [0.25, 0.3) is 11.5 Å². The van der Waals surface area contributed by atoms with Crippen molar-refractivity contribution < 1.29 is 14.3 Å². The topological polar surface area (TPSA) is 92.4 Å². The van der Waals surface area contributed by atoms with Crippen LogP contribution in [0.1, 0.15) is 48.6 Å². The van der Waals surface area contributed by atoms with Crippen LogP contribution in [0.15, 0.2) is 4.79 Å². The summed E-state index contributed by atoms with van der Waals surface area (Å²) in [6, 6.07) is 0. The molecule has 0 saturated heterocycles. The summed E-state index contributed by atoms with van der Waals surface area (Å²) in [5, 5.41) is 0. The van der Waals surface area contributed by atoms with E-state index in [4.69, 9.17) is 4.74 Å². The molecular formula is C14H21N3O4. The number of hydrogen-bond acceptors (Lipinski definition) is 5. The zero-order valence-corrected chi connectivity index (χ0v) is 13.0. The van der Waals surface area contributed by atoms with Gasteiger partial charge in [-0.25, -0.2) is 4.98 Å². The van der Waals surface area contributed by atoms with E-state index in [1.807, 2.05) is 13.8 Å². The van der Waals surface area contributed by atoms with Gasteiger partial charge in [0.05, 0.1) is 12.3 Å². The van der Waals surface area contributed by atoms with E-state index in [-0.39, 0.29) is 24.6 Å². The summed E-state index contributed by atoms with van der Waals surface area (Å²) in [6.45, 7) is 7.11. The number of amides is 1. The fourth-order valence-corrected chi connectivity index (χ4v) is 1.80. The first-order chi connectivity index (χ1) is 9.77. The Morgan fingerprint density at radius 3 is 2.48 bits per heavy atom. The van der Waals surface area contributed by atoms with Crippen molar-refractivity contribution in [2.75, 3.05) is 20.2 Å². The van der Waals surface area contributed by atoms with Crippen molar-refractivity contribution in [2.45, 2.75) is 33.6 Å². The van der Waals surface area contributed by atoms with Crippen molar-refractivity contribution in [3.63, 3.8) is 0 Å². The van der Waals surface area contributed by atoms with Crippen molar-refractivity contribution in [3.8, 4) is 0 Å². The standard InChI is InChI=1S/C14H21N3O4/c1-6-21-10(18)7-17(5)14(20)11-9(4)15-12(8(2)3)16-13(11)19/h8H,6-7H2,1-5H3,(H,15,16,19). The summed E-state index contributed by atoms with van der Waals surface area (Å²) in [4.78, 5) is 43.7. The monoisotopic (exact) mass is 295 g/mol. The van der Waals surface area contributed by atoms with Crippen LogP contribution >= 0.6 is 0 Å². The second kappa shape index (κ2) is 7.01. The van der Waals surface area contributed by atoms with E-state index in [1.165, 1.54) is 7.05 Å². The summed E-state index contributed by atoms with van der Waals surface area (Å²) in [5.41, 5.74) is -0.193. The molecule has 7 heteroatoms. The Morgan fingerprint density at radius 1 is 1.38 bits per heavy atom. The quantitative estimate of drug-likeness (QED) is 0.812. The van der Waals surface area contributed by atoms with Crippen molar-refractivity contribution in [1.82, 2.24) is 14.9 Å². The Kier molecular flexibility index (Phi) is 5.63. The van der Waals surface area contributed by atoms with Gasteiger partial charge in [0.1, 0.15) is 17.9 Å². The van der Waals surface area contributed by atoms with E-state index < -0.39 is 17.4 Å². The minimum absolute atomic E-state index is 0.0498. The maximum absolute atomic E-state index is 12.3. The van der Waals surface area contributed by atoms with Crippen LogP contribution in [-0.2, 0) is 9.53 Å². The molecular weight excluding hydrogens is 274 g/mol. The number of H-pyrrole nitrogens is 1. The van der Waals surface area contributed by atoms with Gasteiger partial charge < -0.3 is 14.6 Å². The number of nitrogens with zero attached hydrogens (tertiary/aromatic N) is 2. The molecule has 0 aromatic carbocycles. The third-order valence-corrected chi connectivity index (χ3v) is 2.90. The summed E-state index contributed by atoms with van der Waals surface area (Å²) >= 11 is 0. The first kappa shape index (κ1) is 16.9. The number of aryl methyl sites for hydroxylation is 1. The predicted molar refractivity (Wildman–Crippen MR) is 77.3 cm³/mol. The van der Waals surface area contributed by atoms with Crippen molar-refractivity contribution in [2.24, 2.45) is 0 Å². The Morgan fingerprint density at radius 2 is 2.00 bits per heavy atom. The molecule has 1 aromatic rings. The Hall–Kier alpha value is -2.18. The molecule has 0 spiro atoms. The van der Waals surface area contributed by atoms with Crippen LogP contribution in [0.4, 0.5) is 0 Å². The number of esters is 1. The van der Waals surface area contributed by atoms with Gasteiger partial charge in [0.15, 0.2) is 0 Å². The Bertz CT molecular complexity index is 592. The second-order valence-corrected chi connectivity index (χ2v) is 5.03. The number of rotatable bonds is 5. The predicted octanol–water partition coefficient (Wildman–Crippen LogP) is 0.837. The lowest BCUT2D eigenvalue weighted by molar-refractivity contribution is -0.143. The van der Waals surface area contributed by atoms with Gasteiger partial charge in [-0.1, -0.05) is 13.8 Å². The molecule has 0 radical (unpaired) electrons. The van der Waals surface area contributed by atoms with Gasteiger partial charge in [-0.3, -0.25) is 14.4 Å². The highest BCUT2D eigenvalue weighted by atomic mass is 16.5. The molecule has 0 aliphatic rings. The molecule has 0 aliphatic heterocycles. The lowest BCUT2D eigenvalue weighted by atomic mass is 10.1. The molecule has 1 rings (SSSR count). The Labute approximate surface area is 123 Å². The molecule has 1 amide bonds. The maximum Gasteiger partial charge on any atom is 0.325 e. The fourth-order valence-electron chi connectivity index (χ4n) is 1.80. The Balaban J connectivity index is 3.03. The molecule has 0 aliphatic carbocycles. The number of carbonyl (C=O) groups is 2. The average Bonchev–Trinajstić information content (AvgIpc) is 2.37. The first-order valence-corrected chi connectivity index (χ1v) is 6.79. The molecule has 116 valence electrons. The molecule has 1 aromatic heterocycles. The van der Waals surface area contributed by atoms with E-state index >= 15 is 0 Å². The fraction of sp³-hybridized carbons (Fsp3) is 0.571. The number of ether oxygens (including phenoxy) is 1. The van der Waals surface area contributed by atoms with Crippen molar-refractivity contribution in [3.05, 3.63) is 27.4 Å². The number of aromatic amines is 1. The molecule has 0 bridgehead atoms. The smallest absolute Gasteiger partial charge is 0.325 e. The van der Waals surface area contributed by atoms with E-state index in [1.54, 1.807) is 13.8 Å². The van der Waals surface area contributed by atoms with Gasteiger partial charge in [0, 0.05) is 13.0 Å². The number of likely N-dealkylation sites (N-methyl/N-ethyl adjacent to an activating group) is 1. The minimum Gasteiger partial charge on any atom is -0.465 e. The molecule has 1 heterocycles. The van der Waals surface area contributed by atoms with Gasteiger partial charge in [-0.2, -0.15) is 0 Å². The summed E-state index contributed by atoms with van der Waals surface area (Å²) < 4.78 is 4.78. The first-order valence-electron chi connectivity index (χ1n) is 6.79. The van der Waals surface area contributed by atoms with Crippen LogP contribution in [0, 0.1) is 6.92 Å². The van der Waals surface area contributed by atoms with Crippen molar-refractivity contribution in [1.29, 1.82) is 0 Å². The number of nitrogens with one attached hydrogen (secondary N) is 1. The molecule has 0 saturated carbocycles. The third kappa shape index (κ3) is 4.14. The van der Waals surface area contributed by atoms with Crippen LogP contribution in [0.5, 0.6) is 0 Å². The summed E-state index contributed by atoms with van der Waals surface area (Å²) in [6.07, 6.45) is 0. The summed E-state index contributed by atoms with van der Waals surface area (Å²) in [5.74, 6) is -0.487. The lowest BCUT2D eigenvalue weighted by Gasteiger charge is -2.17. The van der Waals surface area contributed by atoms with Crippen LogP contribution in [0.2, 0.25) is 0 Å². The third-order valence-electron chi connectivity index (χ3n) is 2.90. The van der Waals surface area contributed by atoms with E-state index in [9.17, 15) is 14.4 Å². The lowest BCUT2D eigenvalue weighted by Crippen LogP contribution is -2.37.